The zero-order valence-electron chi connectivity index (χ0n) is 16.4. The van der Waals surface area contributed by atoms with E-state index in [0.717, 1.165) is 17.5 Å². The predicted octanol–water partition coefficient (Wildman–Crippen LogP) is 3.26. The number of aromatic nitrogens is 2. The summed E-state index contributed by atoms with van der Waals surface area (Å²) in [6.45, 7) is 3.00. The quantitative estimate of drug-likeness (QED) is 0.648. The molecule has 2 aromatic carbocycles. The molecule has 3 rings (SSSR count). The lowest BCUT2D eigenvalue weighted by atomic mass is 10.2. The SMILES string of the molecule is CCCn1c(=O)n(CCC(=O)Nc2ccc(OC)cc2OC)c2ccccc21. The van der Waals surface area contributed by atoms with Crippen LogP contribution in [-0.4, -0.2) is 29.3 Å². The van der Waals surface area contributed by atoms with Gasteiger partial charge in [0.1, 0.15) is 11.5 Å². The van der Waals surface area contributed by atoms with Crippen molar-refractivity contribution in [2.24, 2.45) is 0 Å². The number of amides is 1. The lowest BCUT2D eigenvalue weighted by molar-refractivity contribution is -0.116. The monoisotopic (exact) mass is 383 g/mol. The molecule has 0 radical (unpaired) electrons. The Hall–Kier alpha value is -3.22. The normalized spacial score (nSPS) is 10.8. The molecule has 0 saturated carbocycles. The van der Waals surface area contributed by atoms with Crippen molar-refractivity contribution in [2.45, 2.75) is 32.9 Å². The van der Waals surface area contributed by atoms with Crippen LogP contribution >= 0.6 is 0 Å². The summed E-state index contributed by atoms with van der Waals surface area (Å²) in [6.07, 6.45) is 1.04. The number of nitrogens with one attached hydrogen (secondary N) is 1. The number of para-hydroxylation sites is 2. The molecule has 0 fully saturated rings. The van der Waals surface area contributed by atoms with Crippen molar-refractivity contribution in [1.29, 1.82) is 0 Å². The van der Waals surface area contributed by atoms with Crippen LogP contribution in [0.25, 0.3) is 11.0 Å². The van der Waals surface area contributed by atoms with Gasteiger partial charge in [0.05, 0.1) is 30.9 Å². The van der Waals surface area contributed by atoms with Crippen molar-refractivity contribution in [1.82, 2.24) is 9.13 Å². The van der Waals surface area contributed by atoms with E-state index in [1.165, 1.54) is 7.11 Å². The third-order valence-electron chi connectivity index (χ3n) is 4.62. The molecule has 7 heteroatoms. The summed E-state index contributed by atoms with van der Waals surface area (Å²) >= 11 is 0. The molecule has 7 nitrogen and oxygen atoms in total. The highest BCUT2D eigenvalue weighted by molar-refractivity contribution is 5.92. The molecular formula is C21H25N3O4. The summed E-state index contributed by atoms with van der Waals surface area (Å²) in [6, 6.07) is 12.9. The summed E-state index contributed by atoms with van der Waals surface area (Å²) in [5, 5.41) is 2.84. The number of hydrogen-bond acceptors (Lipinski definition) is 4. The number of aryl methyl sites for hydroxylation is 2. The number of rotatable bonds is 8. The number of carbonyl (C=O) groups is 1. The van der Waals surface area contributed by atoms with Gasteiger partial charge in [-0.25, -0.2) is 4.79 Å². The number of nitrogens with zero attached hydrogens (tertiary/aromatic N) is 2. The van der Waals surface area contributed by atoms with Gasteiger partial charge in [-0.05, 0) is 30.7 Å². The Bertz CT molecular complexity index is 1040. The van der Waals surface area contributed by atoms with E-state index < -0.39 is 0 Å². The van der Waals surface area contributed by atoms with Crippen LogP contribution in [0.1, 0.15) is 19.8 Å². The fourth-order valence-electron chi connectivity index (χ4n) is 3.26. The summed E-state index contributed by atoms with van der Waals surface area (Å²) in [5.41, 5.74) is 2.22. The smallest absolute Gasteiger partial charge is 0.329 e. The molecule has 0 spiro atoms. The lowest BCUT2D eigenvalue weighted by Gasteiger charge is -2.11. The molecule has 0 aliphatic carbocycles. The predicted molar refractivity (Wildman–Crippen MR) is 109 cm³/mol. The number of ether oxygens (including phenoxy) is 2. The molecule has 148 valence electrons. The lowest BCUT2D eigenvalue weighted by Crippen LogP contribution is -2.26. The van der Waals surface area contributed by atoms with E-state index in [1.54, 1.807) is 34.4 Å². The molecule has 3 aromatic rings. The van der Waals surface area contributed by atoms with Crippen LogP contribution in [0.15, 0.2) is 47.3 Å². The molecule has 1 amide bonds. The topological polar surface area (TPSA) is 74.5 Å². The number of anilines is 1. The largest absolute Gasteiger partial charge is 0.497 e. The van der Waals surface area contributed by atoms with Gasteiger partial charge in [-0.2, -0.15) is 0 Å². The number of imidazole rings is 1. The highest BCUT2D eigenvalue weighted by atomic mass is 16.5. The highest BCUT2D eigenvalue weighted by Gasteiger charge is 2.14. The Morgan fingerprint density at radius 1 is 1.00 bits per heavy atom. The average molecular weight is 383 g/mol. The molecule has 28 heavy (non-hydrogen) atoms. The average Bonchev–Trinajstić information content (AvgIpc) is 2.98. The second-order valence-electron chi connectivity index (χ2n) is 6.44. The maximum atomic E-state index is 12.8. The minimum Gasteiger partial charge on any atom is -0.497 e. The van der Waals surface area contributed by atoms with Crippen molar-refractivity contribution >= 4 is 22.6 Å². The molecule has 0 unspecified atom stereocenters. The van der Waals surface area contributed by atoms with Crippen molar-refractivity contribution in [3.63, 3.8) is 0 Å². The van der Waals surface area contributed by atoms with E-state index in [-0.39, 0.29) is 18.0 Å². The van der Waals surface area contributed by atoms with E-state index in [0.29, 0.717) is 30.3 Å². The summed E-state index contributed by atoms with van der Waals surface area (Å²) in [4.78, 5) is 25.2. The zero-order chi connectivity index (χ0) is 20.1. The van der Waals surface area contributed by atoms with Gasteiger partial charge in [0.2, 0.25) is 5.91 Å². The van der Waals surface area contributed by atoms with Gasteiger partial charge in [0.25, 0.3) is 0 Å². The van der Waals surface area contributed by atoms with E-state index in [2.05, 4.69) is 5.32 Å². The number of methoxy groups -OCH3 is 2. The van der Waals surface area contributed by atoms with Gasteiger partial charge in [-0.1, -0.05) is 19.1 Å². The van der Waals surface area contributed by atoms with Crippen LogP contribution in [0, 0.1) is 0 Å². The van der Waals surface area contributed by atoms with Gasteiger partial charge in [-0.3, -0.25) is 13.9 Å². The summed E-state index contributed by atoms with van der Waals surface area (Å²) in [7, 11) is 3.10. The Balaban J connectivity index is 1.77. The standard InChI is InChI=1S/C21H25N3O4/c1-4-12-23-17-7-5-6-8-18(17)24(21(23)26)13-11-20(25)22-16-10-9-15(27-2)14-19(16)28-3/h5-10,14H,4,11-13H2,1-3H3,(H,22,25). The van der Waals surface area contributed by atoms with Crippen molar-refractivity contribution in [2.75, 3.05) is 19.5 Å². The van der Waals surface area contributed by atoms with Crippen LogP contribution in [0.3, 0.4) is 0 Å². The minimum absolute atomic E-state index is 0.0853. The van der Waals surface area contributed by atoms with Gasteiger partial charge >= 0.3 is 5.69 Å². The molecule has 0 aliphatic rings. The summed E-state index contributed by atoms with van der Waals surface area (Å²) < 4.78 is 13.9. The fourth-order valence-corrected chi connectivity index (χ4v) is 3.26. The van der Waals surface area contributed by atoms with Crippen LogP contribution in [0.5, 0.6) is 11.5 Å². The van der Waals surface area contributed by atoms with E-state index in [1.807, 2.05) is 31.2 Å². The van der Waals surface area contributed by atoms with Crippen molar-refractivity contribution < 1.29 is 14.3 Å². The maximum Gasteiger partial charge on any atom is 0.329 e. The van der Waals surface area contributed by atoms with Gasteiger partial charge in [-0.15, -0.1) is 0 Å². The first-order valence-electron chi connectivity index (χ1n) is 9.29. The highest BCUT2D eigenvalue weighted by Crippen LogP contribution is 2.29. The van der Waals surface area contributed by atoms with Crippen LogP contribution in [0.4, 0.5) is 5.69 Å². The van der Waals surface area contributed by atoms with Gasteiger partial charge in [0, 0.05) is 25.6 Å². The minimum atomic E-state index is -0.192. The number of hydrogen-bond donors (Lipinski definition) is 1. The van der Waals surface area contributed by atoms with Crippen molar-refractivity contribution in [3.05, 3.63) is 52.9 Å². The summed E-state index contributed by atoms with van der Waals surface area (Å²) in [5.74, 6) is 0.970. The Kier molecular flexibility index (Phi) is 6.03. The van der Waals surface area contributed by atoms with E-state index in [9.17, 15) is 9.59 Å². The number of carbonyl (C=O) groups excluding carboxylic acids is 1. The number of fused-ring (bicyclic) bond motifs is 1. The van der Waals surface area contributed by atoms with Gasteiger partial charge in [0.15, 0.2) is 0 Å². The Morgan fingerprint density at radius 2 is 1.68 bits per heavy atom. The molecule has 0 saturated heterocycles. The van der Waals surface area contributed by atoms with Crippen LogP contribution < -0.4 is 20.5 Å². The Morgan fingerprint density at radius 3 is 2.29 bits per heavy atom. The van der Waals surface area contributed by atoms with E-state index in [4.69, 9.17) is 9.47 Å². The maximum absolute atomic E-state index is 12.8. The molecule has 1 N–H and O–H groups in total. The van der Waals surface area contributed by atoms with Crippen molar-refractivity contribution in [3.8, 4) is 11.5 Å². The van der Waals surface area contributed by atoms with Crippen LogP contribution in [0.2, 0.25) is 0 Å². The first-order valence-corrected chi connectivity index (χ1v) is 9.29. The molecule has 0 atom stereocenters. The van der Waals surface area contributed by atoms with Gasteiger partial charge < -0.3 is 14.8 Å². The zero-order valence-corrected chi connectivity index (χ0v) is 16.4. The molecule has 0 aliphatic heterocycles. The van der Waals surface area contributed by atoms with Crippen LogP contribution in [-0.2, 0) is 17.9 Å². The Labute approximate surface area is 163 Å². The second-order valence-corrected chi connectivity index (χ2v) is 6.44. The fraction of sp³-hybridized carbons (Fsp3) is 0.333. The van der Waals surface area contributed by atoms with E-state index >= 15 is 0 Å². The molecule has 1 heterocycles. The third kappa shape index (κ3) is 3.88. The molecular weight excluding hydrogens is 358 g/mol. The second kappa shape index (κ2) is 8.65. The number of benzene rings is 2. The first kappa shape index (κ1) is 19.5. The molecule has 0 bridgehead atoms. The third-order valence-corrected chi connectivity index (χ3v) is 4.62. The molecule has 1 aromatic heterocycles. The first-order chi connectivity index (χ1) is 13.6.